The lowest BCUT2D eigenvalue weighted by atomic mass is 9.99. The lowest BCUT2D eigenvalue weighted by Gasteiger charge is -2.38. The number of piperidine rings is 1. The molecule has 1 N–H and O–H groups in total. The van der Waals surface area contributed by atoms with Crippen LogP contribution in [-0.4, -0.2) is 73.1 Å². The summed E-state index contributed by atoms with van der Waals surface area (Å²) in [4.78, 5) is 19.7. The van der Waals surface area contributed by atoms with Gasteiger partial charge in [-0.25, -0.2) is 4.79 Å². The van der Waals surface area contributed by atoms with E-state index in [9.17, 15) is 4.79 Å². The van der Waals surface area contributed by atoms with Gasteiger partial charge in [-0.3, -0.25) is 0 Å². The van der Waals surface area contributed by atoms with Gasteiger partial charge in [0.15, 0.2) is 0 Å². The van der Waals surface area contributed by atoms with Crippen LogP contribution < -0.4 is 5.32 Å². The molecule has 0 unspecified atom stereocenters. The molecule has 2 fully saturated rings. The van der Waals surface area contributed by atoms with Crippen molar-refractivity contribution in [3.8, 4) is 0 Å². The zero-order valence-electron chi connectivity index (χ0n) is 15.1. The molecule has 2 aliphatic heterocycles. The van der Waals surface area contributed by atoms with Crippen LogP contribution in [0.15, 0.2) is 24.3 Å². The Kier molecular flexibility index (Phi) is 6.57. The first kappa shape index (κ1) is 18.5. The highest BCUT2D eigenvalue weighted by atomic mass is 35.5. The second-order valence-electron chi connectivity index (χ2n) is 7.22. The molecule has 2 heterocycles. The van der Waals surface area contributed by atoms with E-state index in [1.807, 2.05) is 23.1 Å². The summed E-state index contributed by atoms with van der Waals surface area (Å²) in [7, 11) is 2.18. The maximum absolute atomic E-state index is 12.7. The van der Waals surface area contributed by atoms with E-state index < -0.39 is 0 Å². The van der Waals surface area contributed by atoms with Crippen LogP contribution in [-0.2, 0) is 0 Å². The molecule has 2 amide bonds. The van der Waals surface area contributed by atoms with Crippen LogP contribution in [0.3, 0.4) is 0 Å². The molecule has 138 valence electrons. The molecule has 0 bridgehead atoms. The van der Waals surface area contributed by atoms with Crippen molar-refractivity contribution in [2.24, 2.45) is 0 Å². The zero-order valence-corrected chi connectivity index (χ0v) is 15.8. The molecule has 0 saturated carbocycles. The van der Waals surface area contributed by atoms with Crippen molar-refractivity contribution in [3.63, 3.8) is 0 Å². The van der Waals surface area contributed by atoms with E-state index in [0.29, 0.717) is 11.1 Å². The van der Waals surface area contributed by atoms with Gasteiger partial charge in [0, 0.05) is 56.0 Å². The summed E-state index contributed by atoms with van der Waals surface area (Å²) in [6, 6.07) is 7.70. The predicted octanol–water partition coefficient (Wildman–Crippen LogP) is 3.36. The van der Waals surface area contributed by atoms with Crippen LogP contribution in [0, 0.1) is 0 Å². The molecule has 6 heteroatoms. The van der Waals surface area contributed by atoms with Crippen molar-refractivity contribution in [1.82, 2.24) is 14.7 Å². The number of piperazine rings is 1. The van der Waals surface area contributed by atoms with Gasteiger partial charge in [0.2, 0.25) is 0 Å². The number of carbonyl (C=O) groups excluding carboxylic acids is 1. The maximum Gasteiger partial charge on any atom is 0.322 e. The number of likely N-dealkylation sites (tertiary alicyclic amines) is 1. The van der Waals surface area contributed by atoms with Crippen molar-refractivity contribution < 1.29 is 4.79 Å². The first-order valence-electron chi connectivity index (χ1n) is 9.36. The fraction of sp³-hybridized carbons (Fsp3) is 0.632. The molecule has 1 atom stereocenters. The van der Waals surface area contributed by atoms with Crippen molar-refractivity contribution in [3.05, 3.63) is 29.3 Å². The number of urea groups is 1. The Labute approximate surface area is 155 Å². The van der Waals surface area contributed by atoms with Gasteiger partial charge in [-0.15, -0.1) is 0 Å². The fourth-order valence-electron chi connectivity index (χ4n) is 3.73. The molecule has 25 heavy (non-hydrogen) atoms. The van der Waals surface area contributed by atoms with E-state index in [1.54, 1.807) is 6.07 Å². The highest BCUT2D eigenvalue weighted by Gasteiger charge is 2.27. The number of rotatable bonds is 4. The molecule has 0 aliphatic carbocycles. The molecule has 0 aromatic heterocycles. The fourth-order valence-corrected chi connectivity index (χ4v) is 3.92. The third-order valence-electron chi connectivity index (χ3n) is 5.34. The number of hydrogen-bond acceptors (Lipinski definition) is 3. The Morgan fingerprint density at radius 1 is 1.20 bits per heavy atom. The smallest absolute Gasteiger partial charge is 0.322 e. The van der Waals surface area contributed by atoms with Crippen LogP contribution in [0.25, 0.3) is 0 Å². The first-order chi connectivity index (χ1) is 12.1. The molecule has 0 radical (unpaired) electrons. The van der Waals surface area contributed by atoms with Crippen molar-refractivity contribution in [1.29, 1.82) is 0 Å². The minimum Gasteiger partial charge on any atom is -0.322 e. The molecule has 2 aliphatic rings. The van der Waals surface area contributed by atoms with Gasteiger partial charge in [-0.2, -0.15) is 0 Å². The highest BCUT2D eigenvalue weighted by Crippen LogP contribution is 2.22. The van der Waals surface area contributed by atoms with E-state index in [2.05, 4.69) is 22.2 Å². The topological polar surface area (TPSA) is 38.8 Å². The number of hydrogen-bond donors (Lipinski definition) is 1. The third kappa shape index (κ3) is 5.33. The Balaban J connectivity index is 1.53. The molecule has 1 aromatic rings. The Bertz CT molecular complexity index is 574. The summed E-state index contributed by atoms with van der Waals surface area (Å²) in [5.74, 6) is 0. The number of nitrogens with one attached hydrogen (secondary N) is 1. The standard InChI is InChI=1S/C19H29ClN4O/c1-22-11-13-23(14-12-22)10-8-18-7-2-3-9-24(18)19(25)21-17-6-4-5-16(20)15-17/h4-6,15,18H,2-3,7-14H2,1H3,(H,21,25)/t18-/m0/s1. The minimum absolute atomic E-state index is 0.00495. The van der Waals surface area contributed by atoms with Gasteiger partial charge in [-0.1, -0.05) is 17.7 Å². The maximum atomic E-state index is 12.7. The van der Waals surface area contributed by atoms with Gasteiger partial charge < -0.3 is 20.0 Å². The second-order valence-corrected chi connectivity index (χ2v) is 7.65. The Morgan fingerprint density at radius 3 is 2.76 bits per heavy atom. The number of amides is 2. The number of carbonyl (C=O) groups is 1. The number of anilines is 1. The molecule has 5 nitrogen and oxygen atoms in total. The van der Waals surface area contributed by atoms with E-state index >= 15 is 0 Å². The number of likely N-dealkylation sites (N-methyl/N-ethyl adjacent to an activating group) is 1. The van der Waals surface area contributed by atoms with Crippen LogP contribution in [0.2, 0.25) is 5.02 Å². The summed E-state index contributed by atoms with van der Waals surface area (Å²) in [5, 5.41) is 3.65. The van der Waals surface area contributed by atoms with Gasteiger partial charge in [-0.05, 0) is 50.9 Å². The first-order valence-corrected chi connectivity index (χ1v) is 9.74. The van der Waals surface area contributed by atoms with Crippen molar-refractivity contribution in [2.75, 3.05) is 51.6 Å². The molecular weight excluding hydrogens is 336 g/mol. The van der Waals surface area contributed by atoms with Gasteiger partial charge in [0.25, 0.3) is 0 Å². The van der Waals surface area contributed by atoms with Gasteiger partial charge in [0.05, 0.1) is 0 Å². The lowest BCUT2D eigenvalue weighted by molar-refractivity contribution is 0.122. The van der Waals surface area contributed by atoms with E-state index in [1.165, 1.54) is 6.42 Å². The highest BCUT2D eigenvalue weighted by molar-refractivity contribution is 6.30. The van der Waals surface area contributed by atoms with Crippen LogP contribution in [0.4, 0.5) is 10.5 Å². The Hall–Kier alpha value is -1.30. The van der Waals surface area contributed by atoms with E-state index in [4.69, 9.17) is 11.6 Å². The van der Waals surface area contributed by atoms with Crippen molar-refractivity contribution in [2.45, 2.75) is 31.7 Å². The lowest BCUT2D eigenvalue weighted by Crippen LogP contribution is -2.49. The summed E-state index contributed by atoms with van der Waals surface area (Å²) in [6.07, 6.45) is 4.48. The SMILES string of the molecule is CN1CCN(CC[C@@H]2CCCCN2C(=O)Nc2cccc(Cl)c2)CC1. The quantitative estimate of drug-likeness (QED) is 0.890. The molecule has 3 rings (SSSR count). The summed E-state index contributed by atoms with van der Waals surface area (Å²) in [5.41, 5.74) is 0.765. The summed E-state index contributed by atoms with van der Waals surface area (Å²) < 4.78 is 0. The van der Waals surface area contributed by atoms with Crippen LogP contribution in [0.1, 0.15) is 25.7 Å². The molecule has 0 spiro atoms. The Morgan fingerprint density at radius 2 is 2.00 bits per heavy atom. The van der Waals surface area contributed by atoms with E-state index in [0.717, 1.165) is 64.2 Å². The zero-order chi connectivity index (χ0) is 17.6. The third-order valence-corrected chi connectivity index (χ3v) is 5.57. The molecular formula is C19H29ClN4O. The predicted molar refractivity (Wildman–Crippen MR) is 103 cm³/mol. The minimum atomic E-state index is 0.00495. The molecule has 2 saturated heterocycles. The van der Waals surface area contributed by atoms with Gasteiger partial charge in [0.1, 0.15) is 0 Å². The normalized spacial score (nSPS) is 22.8. The molecule has 1 aromatic carbocycles. The van der Waals surface area contributed by atoms with Crippen LogP contribution >= 0.6 is 11.6 Å². The summed E-state index contributed by atoms with van der Waals surface area (Å²) >= 11 is 6.01. The number of benzene rings is 1. The second kappa shape index (κ2) is 8.88. The average molecular weight is 365 g/mol. The number of nitrogens with zero attached hydrogens (tertiary/aromatic N) is 3. The van der Waals surface area contributed by atoms with Crippen LogP contribution in [0.5, 0.6) is 0 Å². The van der Waals surface area contributed by atoms with Crippen molar-refractivity contribution >= 4 is 23.3 Å². The largest absolute Gasteiger partial charge is 0.322 e. The average Bonchev–Trinajstić information content (AvgIpc) is 2.61. The van der Waals surface area contributed by atoms with E-state index in [-0.39, 0.29) is 6.03 Å². The monoisotopic (exact) mass is 364 g/mol. The van der Waals surface area contributed by atoms with Gasteiger partial charge >= 0.3 is 6.03 Å². The summed E-state index contributed by atoms with van der Waals surface area (Å²) in [6.45, 7) is 6.49. The number of halogens is 1.